The van der Waals surface area contributed by atoms with Crippen LogP contribution in [0.2, 0.25) is 0 Å². The molecule has 0 saturated heterocycles. The average molecular weight is 555 g/mol. The Balaban J connectivity index is 1.18. The molecular formula is C31H30N4O4S. The van der Waals surface area contributed by atoms with Crippen LogP contribution in [0.3, 0.4) is 0 Å². The van der Waals surface area contributed by atoms with Gasteiger partial charge in [-0.3, -0.25) is 13.8 Å². The quantitative estimate of drug-likeness (QED) is 0.325. The van der Waals surface area contributed by atoms with Crippen LogP contribution in [0.25, 0.3) is 0 Å². The van der Waals surface area contributed by atoms with E-state index in [0.29, 0.717) is 27.7 Å². The molecule has 3 aromatic carbocycles. The zero-order valence-corrected chi connectivity index (χ0v) is 23.2. The zero-order chi connectivity index (χ0) is 28.1. The van der Waals surface area contributed by atoms with Crippen LogP contribution in [-0.4, -0.2) is 45.8 Å². The maximum Gasteiger partial charge on any atom is 0.255 e. The highest BCUT2D eigenvalue weighted by atomic mass is 32.2. The van der Waals surface area contributed by atoms with Crippen molar-refractivity contribution in [3.8, 4) is 11.6 Å². The molecule has 0 saturated carbocycles. The van der Waals surface area contributed by atoms with E-state index in [1.54, 1.807) is 60.9 Å². The van der Waals surface area contributed by atoms with Gasteiger partial charge < -0.3 is 20.3 Å². The van der Waals surface area contributed by atoms with Crippen LogP contribution >= 0.6 is 0 Å². The number of likely N-dealkylation sites (N-methyl/N-ethyl adjacent to an activating group) is 1. The first kappa shape index (κ1) is 27.2. The number of fused-ring (bicyclic) bond motifs is 1. The Morgan fingerprint density at radius 1 is 0.950 bits per heavy atom. The third-order valence-corrected chi connectivity index (χ3v) is 7.64. The summed E-state index contributed by atoms with van der Waals surface area (Å²) < 4.78 is 17.7. The van der Waals surface area contributed by atoms with E-state index in [1.165, 1.54) is 17.3 Å². The summed E-state index contributed by atoms with van der Waals surface area (Å²) in [6, 6.07) is 23.5. The normalized spacial score (nSPS) is 13.7. The molecule has 1 unspecified atom stereocenters. The summed E-state index contributed by atoms with van der Waals surface area (Å²) in [5, 5.41) is 5.86. The first-order valence-electron chi connectivity index (χ1n) is 12.9. The maximum atomic E-state index is 12.9. The smallest absolute Gasteiger partial charge is 0.255 e. The Hall–Kier alpha value is -4.34. The van der Waals surface area contributed by atoms with Crippen molar-refractivity contribution in [2.45, 2.75) is 24.4 Å². The van der Waals surface area contributed by atoms with E-state index in [9.17, 15) is 13.8 Å². The molecule has 1 aliphatic heterocycles. The van der Waals surface area contributed by atoms with Gasteiger partial charge in [0.25, 0.3) is 11.8 Å². The number of pyridine rings is 1. The van der Waals surface area contributed by atoms with Gasteiger partial charge in [-0.15, -0.1) is 0 Å². The number of nitrogens with one attached hydrogen (secondary N) is 2. The van der Waals surface area contributed by atoms with Gasteiger partial charge in [0.15, 0.2) is 0 Å². The second-order valence-electron chi connectivity index (χ2n) is 9.70. The Bertz CT molecular complexity index is 1570. The van der Waals surface area contributed by atoms with Crippen LogP contribution in [0.1, 0.15) is 37.4 Å². The molecule has 40 heavy (non-hydrogen) atoms. The molecule has 1 aromatic heterocycles. The topological polar surface area (TPSA) is 101 Å². The van der Waals surface area contributed by atoms with E-state index in [1.807, 2.05) is 18.2 Å². The number of rotatable bonds is 8. The number of nitrogens with zero attached hydrogens (tertiary/aromatic N) is 2. The summed E-state index contributed by atoms with van der Waals surface area (Å²) in [4.78, 5) is 32.7. The first-order valence-corrected chi connectivity index (χ1v) is 14.5. The van der Waals surface area contributed by atoms with E-state index in [-0.39, 0.29) is 18.4 Å². The van der Waals surface area contributed by atoms with Gasteiger partial charge in [-0.05, 0) is 72.6 Å². The Labute approximate surface area is 235 Å². The molecular weight excluding hydrogens is 524 g/mol. The molecule has 5 rings (SSSR count). The lowest BCUT2D eigenvalue weighted by atomic mass is 9.99. The van der Waals surface area contributed by atoms with E-state index in [4.69, 9.17) is 4.74 Å². The number of anilines is 1. The van der Waals surface area contributed by atoms with Gasteiger partial charge in [0.1, 0.15) is 5.75 Å². The lowest BCUT2D eigenvalue weighted by Crippen LogP contribution is -2.26. The van der Waals surface area contributed by atoms with Crippen molar-refractivity contribution in [2.24, 2.45) is 0 Å². The number of benzene rings is 3. The van der Waals surface area contributed by atoms with Gasteiger partial charge in [0.2, 0.25) is 5.88 Å². The zero-order valence-electron chi connectivity index (χ0n) is 22.3. The number of hydrogen-bond donors (Lipinski definition) is 2. The molecule has 1 aliphatic rings. The predicted molar refractivity (Wildman–Crippen MR) is 155 cm³/mol. The molecule has 204 valence electrons. The minimum absolute atomic E-state index is 0.203. The van der Waals surface area contributed by atoms with Gasteiger partial charge >= 0.3 is 0 Å². The molecule has 0 bridgehead atoms. The van der Waals surface area contributed by atoms with Crippen LogP contribution in [-0.2, 0) is 30.3 Å². The number of carbonyl (C=O) groups is 2. The van der Waals surface area contributed by atoms with Gasteiger partial charge in [-0.2, -0.15) is 0 Å². The number of amides is 2. The fourth-order valence-corrected chi connectivity index (χ4v) is 5.21. The van der Waals surface area contributed by atoms with Crippen LogP contribution in [0.5, 0.6) is 11.6 Å². The van der Waals surface area contributed by atoms with Crippen molar-refractivity contribution in [1.29, 1.82) is 0 Å². The Morgan fingerprint density at radius 2 is 1.80 bits per heavy atom. The molecule has 2 heterocycles. The van der Waals surface area contributed by atoms with Gasteiger partial charge in [0.05, 0.1) is 21.3 Å². The summed E-state index contributed by atoms with van der Waals surface area (Å²) in [6.07, 6.45) is 4.02. The third-order valence-electron chi connectivity index (χ3n) is 6.68. The number of para-hydroxylation sites is 1. The van der Waals surface area contributed by atoms with Crippen molar-refractivity contribution < 1.29 is 18.5 Å². The molecule has 2 N–H and O–H groups in total. The number of hydrogen-bond acceptors (Lipinski definition) is 6. The SMILES string of the molecule is CN1CCc2ccc(NC(=O)c3cccc(CNC(=O)c4ccc(Oc5ccccc5S(C)=O)nc4)c3)cc2C1. The highest BCUT2D eigenvalue weighted by Gasteiger charge is 2.15. The third kappa shape index (κ3) is 6.62. The molecule has 8 nitrogen and oxygen atoms in total. The minimum atomic E-state index is -1.21. The summed E-state index contributed by atoms with van der Waals surface area (Å²) in [5.74, 6) is 0.240. The lowest BCUT2D eigenvalue weighted by molar-refractivity contribution is 0.0950. The van der Waals surface area contributed by atoms with Gasteiger partial charge in [-0.25, -0.2) is 4.98 Å². The van der Waals surface area contributed by atoms with Crippen LogP contribution in [0, 0.1) is 0 Å². The number of carbonyl (C=O) groups excluding carboxylic acids is 2. The van der Waals surface area contributed by atoms with Gasteiger partial charge in [0, 0.05) is 49.4 Å². The summed E-state index contributed by atoms with van der Waals surface area (Å²) in [6.45, 7) is 2.16. The van der Waals surface area contributed by atoms with Gasteiger partial charge in [-0.1, -0.05) is 30.3 Å². The van der Waals surface area contributed by atoms with E-state index >= 15 is 0 Å². The molecule has 4 aromatic rings. The average Bonchev–Trinajstić information content (AvgIpc) is 2.96. The second-order valence-corrected chi connectivity index (χ2v) is 11.0. The van der Waals surface area contributed by atoms with Crippen molar-refractivity contribution in [2.75, 3.05) is 25.2 Å². The fraction of sp³-hybridized carbons (Fsp3) is 0.194. The largest absolute Gasteiger partial charge is 0.438 e. The predicted octanol–water partition coefficient (Wildman–Crippen LogP) is 4.78. The molecule has 2 amide bonds. The molecule has 0 radical (unpaired) electrons. The maximum absolute atomic E-state index is 12.9. The lowest BCUT2D eigenvalue weighted by Gasteiger charge is -2.25. The molecule has 1 atom stereocenters. The fourth-order valence-electron chi connectivity index (χ4n) is 4.55. The van der Waals surface area contributed by atoms with E-state index in [2.05, 4.69) is 33.6 Å². The Kier molecular flexibility index (Phi) is 8.33. The first-order chi connectivity index (χ1) is 19.4. The standard InChI is InChI=1S/C31H30N4O4S/c1-35-15-14-22-10-12-26(17-25(22)20-35)34-31(37)23-7-5-6-21(16-23)18-33-30(36)24-11-13-29(32-19-24)39-27-8-3-4-9-28(27)40(2)38/h3-13,16-17,19H,14-15,18,20H2,1-2H3,(H,33,36)(H,34,37). The number of aromatic nitrogens is 1. The molecule has 0 aliphatic carbocycles. The van der Waals surface area contributed by atoms with Crippen LogP contribution < -0.4 is 15.4 Å². The van der Waals surface area contributed by atoms with Crippen molar-refractivity contribution >= 4 is 28.3 Å². The molecule has 0 fully saturated rings. The Morgan fingerprint density at radius 3 is 2.60 bits per heavy atom. The summed E-state index contributed by atoms with van der Waals surface area (Å²) in [7, 11) is 0.887. The summed E-state index contributed by atoms with van der Waals surface area (Å²) in [5.41, 5.74) is 5.00. The van der Waals surface area contributed by atoms with Crippen molar-refractivity contribution in [3.05, 3.63) is 113 Å². The van der Waals surface area contributed by atoms with Crippen molar-refractivity contribution in [3.63, 3.8) is 0 Å². The van der Waals surface area contributed by atoms with Crippen LogP contribution in [0.15, 0.2) is 90.0 Å². The molecule has 0 spiro atoms. The van der Waals surface area contributed by atoms with Crippen LogP contribution in [0.4, 0.5) is 5.69 Å². The second kappa shape index (κ2) is 12.2. The minimum Gasteiger partial charge on any atom is -0.438 e. The summed E-state index contributed by atoms with van der Waals surface area (Å²) >= 11 is 0. The molecule has 9 heteroatoms. The monoisotopic (exact) mass is 554 g/mol. The van der Waals surface area contributed by atoms with Crippen molar-refractivity contribution in [1.82, 2.24) is 15.2 Å². The van der Waals surface area contributed by atoms with E-state index in [0.717, 1.165) is 30.8 Å². The number of ether oxygens (including phenoxy) is 1. The van der Waals surface area contributed by atoms with E-state index < -0.39 is 10.8 Å². The highest BCUT2D eigenvalue weighted by molar-refractivity contribution is 7.84. The highest BCUT2D eigenvalue weighted by Crippen LogP contribution is 2.26.